The molecule has 17 heavy (non-hydrogen) atoms. The number of halogens is 3. The Balaban J connectivity index is 2.66. The minimum atomic E-state index is -4.56. The van der Waals surface area contributed by atoms with E-state index in [2.05, 4.69) is 14.7 Å². The van der Waals surface area contributed by atoms with Crippen molar-refractivity contribution in [1.29, 1.82) is 0 Å². The third kappa shape index (κ3) is 3.55. The normalized spacial score (nSPS) is 12.5. The molecule has 1 aromatic rings. The number of hydrogen-bond acceptors (Lipinski definition) is 5. The van der Waals surface area contributed by atoms with Gasteiger partial charge >= 0.3 is 6.18 Å². The first-order chi connectivity index (χ1) is 7.63. The van der Waals surface area contributed by atoms with E-state index in [9.17, 15) is 18.0 Å². The molecule has 0 unspecified atom stereocenters. The lowest BCUT2D eigenvalue weighted by Gasteiger charge is -2.19. The van der Waals surface area contributed by atoms with Crippen LogP contribution in [0.5, 0.6) is 0 Å². The number of alkyl halides is 3. The summed E-state index contributed by atoms with van der Waals surface area (Å²) in [6.45, 7) is 3.25. The van der Waals surface area contributed by atoms with E-state index in [1.54, 1.807) is 13.8 Å². The van der Waals surface area contributed by atoms with Crippen molar-refractivity contribution in [3.63, 3.8) is 0 Å². The molecule has 3 N–H and O–H groups in total. The van der Waals surface area contributed by atoms with E-state index < -0.39 is 23.3 Å². The zero-order valence-electron chi connectivity index (χ0n) is 9.13. The summed E-state index contributed by atoms with van der Waals surface area (Å²) in [4.78, 5) is 14.2. The number of nitrogens with zero attached hydrogens (tertiary/aromatic N) is 2. The van der Waals surface area contributed by atoms with Crippen LogP contribution in [0.25, 0.3) is 0 Å². The topological polar surface area (TPSA) is 80.9 Å². The van der Waals surface area contributed by atoms with Gasteiger partial charge in [-0.2, -0.15) is 22.5 Å². The van der Waals surface area contributed by atoms with Crippen molar-refractivity contribution in [2.75, 3.05) is 11.9 Å². The van der Waals surface area contributed by atoms with Gasteiger partial charge in [0.1, 0.15) is 0 Å². The Kier molecular flexibility index (Phi) is 3.60. The highest BCUT2D eigenvalue weighted by Crippen LogP contribution is 2.29. The number of primary amides is 1. The standard InChI is InChI=1S/C8H11F3N4OS/c1-7(2,4(12)16)3-13-6-14-5(15-17-6)8(9,10)11/h3H2,1-2H3,(H2,12,16)(H,13,14,15). The number of aromatic nitrogens is 2. The zero-order valence-corrected chi connectivity index (χ0v) is 9.95. The van der Waals surface area contributed by atoms with Gasteiger partial charge in [0.25, 0.3) is 0 Å². The Hall–Kier alpha value is -1.38. The summed E-state index contributed by atoms with van der Waals surface area (Å²) in [5.41, 5.74) is 4.25. The van der Waals surface area contributed by atoms with Gasteiger partial charge in [-0.15, -0.1) is 0 Å². The van der Waals surface area contributed by atoms with Crippen LogP contribution in [0.3, 0.4) is 0 Å². The summed E-state index contributed by atoms with van der Waals surface area (Å²) in [7, 11) is 0. The third-order valence-corrected chi connectivity index (χ3v) is 2.70. The number of carbonyl (C=O) groups is 1. The van der Waals surface area contributed by atoms with E-state index in [0.29, 0.717) is 11.5 Å². The molecule has 1 heterocycles. The molecule has 0 aliphatic rings. The van der Waals surface area contributed by atoms with Crippen LogP contribution in [-0.2, 0) is 11.0 Å². The smallest absolute Gasteiger partial charge is 0.369 e. The molecule has 0 saturated heterocycles. The highest BCUT2D eigenvalue weighted by Gasteiger charge is 2.36. The van der Waals surface area contributed by atoms with Crippen LogP contribution in [0, 0.1) is 5.41 Å². The molecule has 0 atom stereocenters. The first-order valence-electron chi connectivity index (χ1n) is 4.57. The molecule has 5 nitrogen and oxygen atoms in total. The maximum absolute atomic E-state index is 12.2. The Labute approximate surface area is 99.4 Å². The molecule has 9 heteroatoms. The van der Waals surface area contributed by atoms with Gasteiger partial charge in [0, 0.05) is 18.1 Å². The van der Waals surface area contributed by atoms with Crippen LogP contribution in [0.1, 0.15) is 19.7 Å². The molecule has 0 fully saturated rings. The molecule has 0 radical (unpaired) electrons. The molecular formula is C8H11F3N4OS. The maximum atomic E-state index is 12.2. The minimum Gasteiger partial charge on any atom is -0.369 e. The molecule has 1 amide bonds. The third-order valence-electron chi connectivity index (χ3n) is 2.03. The van der Waals surface area contributed by atoms with E-state index in [-0.39, 0.29) is 11.7 Å². The summed E-state index contributed by atoms with van der Waals surface area (Å²) in [6.07, 6.45) is -4.56. The Morgan fingerprint density at radius 3 is 2.47 bits per heavy atom. The van der Waals surface area contributed by atoms with Gasteiger partial charge in [-0.3, -0.25) is 4.79 Å². The fourth-order valence-electron chi connectivity index (χ4n) is 0.794. The van der Waals surface area contributed by atoms with Crippen LogP contribution in [0.4, 0.5) is 18.3 Å². The lowest BCUT2D eigenvalue weighted by atomic mass is 9.93. The highest BCUT2D eigenvalue weighted by atomic mass is 32.1. The number of anilines is 1. The molecule has 0 spiro atoms. The summed E-state index contributed by atoms with van der Waals surface area (Å²) >= 11 is 0.584. The Morgan fingerprint density at radius 1 is 1.47 bits per heavy atom. The fourth-order valence-corrected chi connectivity index (χ4v) is 1.38. The maximum Gasteiger partial charge on any atom is 0.452 e. The van der Waals surface area contributed by atoms with Crippen LogP contribution < -0.4 is 11.1 Å². The van der Waals surface area contributed by atoms with Gasteiger partial charge in [0.05, 0.1) is 5.41 Å². The highest BCUT2D eigenvalue weighted by molar-refractivity contribution is 7.09. The summed E-state index contributed by atoms with van der Waals surface area (Å²) in [5, 5.41) is 2.61. The molecular weight excluding hydrogens is 257 g/mol. The lowest BCUT2D eigenvalue weighted by Crippen LogP contribution is -2.37. The second kappa shape index (κ2) is 4.47. The van der Waals surface area contributed by atoms with Crippen LogP contribution in [0.15, 0.2) is 0 Å². The quantitative estimate of drug-likeness (QED) is 0.866. The summed E-state index contributed by atoms with van der Waals surface area (Å²) in [5.74, 6) is -1.74. The van der Waals surface area contributed by atoms with Crippen LogP contribution in [0.2, 0.25) is 0 Å². The first kappa shape index (κ1) is 13.7. The SMILES string of the molecule is CC(C)(CNc1nc(C(F)(F)F)ns1)C(N)=O. The zero-order chi connectivity index (χ0) is 13.3. The van der Waals surface area contributed by atoms with E-state index in [4.69, 9.17) is 5.73 Å². The number of nitrogens with two attached hydrogens (primary N) is 1. The van der Waals surface area contributed by atoms with Crippen molar-refractivity contribution in [2.24, 2.45) is 11.1 Å². The molecule has 1 aromatic heterocycles. The Morgan fingerprint density at radius 2 is 2.06 bits per heavy atom. The summed E-state index contributed by atoms with van der Waals surface area (Å²) in [6, 6.07) is 0. The Bertz CT molecular complexity index is 415. The van der Waals surface area contributed by atoms with Gasteiger partial charge in [-0.25, -0.2) is 0 Å². The van der Waals surface area contributed by atoms with Gasteiger partial charge < -0.3 is 11.1 Å². The van der Waals surface area contributed by atoms with Gasteiger partial charge in [0.2, 0.25) is 16.9 Å². The number of carbonyl (C=O) groups excluding carboxylic acids is 1. The molecule has 0 bridgehead atoms. The number of nitrogens with one attached hydrogen (secondary N) is 1. The van der Waals surface area contributed by atoms with Crippen molar-refractivity contribution in [2.45, 2.75) is 20.0 Å². The minimum absolute atomic E-state index is 0.00616. The van der Waals surface area contributed by atoms with Gasteiger partial charge in [-0.1, -0.05) is 0 Å². The molecule has 0 aliphatic heterocycles. The molecule has 0 aromatic carbocycles. The van der Waals surface area contributed by atoms with Crippen molar-refractivity contribution in [3.8, 4) is 0 Å². The molecule has 1 rings (SSSR count). The monoisotopic (exact) mass is 268 g/mol. The predicted octanol–water partition coefficient (Wildman–Crippen LogP) is 1.48. The van der Waals surface area contributed by atoms with E-state index in [1.807, 2.05) is 0 Å². The second-order valence-electron chi connectivity index (χ2n) is 4.02. The van der Waals surface area contributed by atoms with Crippen LogP contribution >= 0.6 is 11.5 Å². The van der Waals surface area contributed by atoms with Gasteiger partial charge in [0.15, 0.2) is 0 Å². The van der Waals surface area contributed by atoms with Gasteiger partial charge in [-0.05, 0) is 13.8 Å². The molecule has 96 valence electrons. The van der Waals surface area contributed by atoms with Crippen molar-refractivity contribution >= 4 is 22.6 Å². The number of rotatable bonds is 4. The molecule has 0 saturated carbocycles. The number of hydrogen-bond donors (Lipinski definition) is 2. The van der Waals surface area contributed by atoms with Crippen molar-refractivity contribution in [1.82, 2.24) is 9.36 Å². The van der Waals surface area contributed by atoms with Crippen LogP contribution in [-0.4, -0.2) is 21.8 Å². The average molecular weight is 268 g/mol. The number of amides is 1. The lowest BCUT2D eigenvalue weighted by molar-refractivity contribution is -0.144. The second-order valence-corrected chi connectivity index (χ2v) is 4.77. The van der Waals surface area contributed by atoms with E-state index >= 15 is 0 Å². The first-order valence-corrected chi connectivity index (χ1v) is 5.35. The van der Waals surface area contributed by atoms with Crippen molar-refractivity contribution < 1.29 is 18.0 Å². The van der Waals surface area contributed by atoms with E-state index in [1.165, 1.54) is 0 Å². The largest absolute Gasteiger partial charge is 0.452 e. The summed E-state index contributed by atoms with van der Waals surface area (Å²) < 4.78 is 39.7. The molecule has 0 aliphatic carbocycles. The average Bonchev–Trinajstić information content (AvgIpc) is 2.62. The predicted molar refractivity (Wildman–Crippen MR) is 56.4 cm³/mol. The van der Waals surface area contributed by atoms with E-state index in [0.717, 1.165) is 0 Å². The fraction of sp³-hybridized carbons (Fsp3) is 0.625. The van der Waals surface area contributed by atoms with Crippen molar-refractivity contribution in [3.05, 3.63) is 5.82 Å².